The molecule has 0 bridgehead atoms. The van der Waals surface area contributed by atoms with Crippen LogP contribution in [0.15, 0.2) is 76.4 Å². The molecule has 0 aliphatic carbocycles. The molecule has 2 aromatic carbocycles. The van der Waals surface area contributed by atoms with E-state index in [1.807, 2.05) is 31.2 Å². The van der Waals surface area contributed by atoms with E-state index in [1.54, 1.807) is 50.4 Å². The van der Waals surface area contributed by atoms with E-state index < -0.39 is 17.4 Å². The van der Waals surface area contributed by atoms with E-state index in [4.69, 9.17) is 0 Å². The van der Waals surface area contributed by atoms with Crippen LogP contribution in [-0.2, 0) is 6.54 Å². The summed E-state index contributed by atoms with van der Waals surface area (Å²) in [7, 11) is 0. The lowest BCUT2D eigenvalue weighted by atomic mass is 10.1. The summed E-state index contributed by atoms with van der Waals surface area (Å²) in [6.07, 6.45) is 1.60. The summed E-state index contributed by atoms with van der Waals surface area (Å²) in [5.74, 6) is -1.47. The van der Waals surface area contributed by atoms with Crippen LogP contribution in [0.3, 0.4) is 0 Å². The minimum absolute atomic E-state index is 0.0147. The lowest BCUT2D eigenvalue weighted by Crippen LogP contribution is -2.45. The van der Waals surface area contributed by atoms with Crippen molar-refractivity contribution in [1.82, 2.24) is 25.2 Å². The molecule has 2 amide bonds. The normalized spacial score (nSPS) is 11.0. The van der Waals surface area contributed by atoms with E-state index in [2.05, 4.69) is 16.0 Å². The molecule has 0 aliphatic heterocycles. The van der Waals surface area contributed by atoms with Crippen LogP contribution in [0.5, 0.6) is 0 Å². The van der Waals surface area contributed by atoms with Gasteiger partial charge in [-0.15, -0.1) is 0 Å². The molecule has 9 nitrogen and oxygen atoms in total. The van der Waals surface area contributed by atoms with E-state index in [1.165, 1.54) is 15.3 Å². The quantitative estimate of drug-likeness (QED) is 0.434. The molecule has 35 heavy (non-hydrogen) atoms. The minimum Gasteiger partial charge on any atom is -0.310 e. The number of benzene rings is 2. The van der Waals surface area contributed by atoms with Gasteiger partial charge in [0.1, 0.15) is 5.56 Å². The third-order valence-corrected chi connectivity index (χ3v) is 5.52. The van der Waals surface area contributed by atoms with Crippen molar-refractivity contribution in [1.29, 1.82) is 0 Å². The molecule has 2 aromatic heterocycles. The average molecular weight is 472 g/mol. The Morgan fingerprint density at radius 1 is 0.886 bits per heavy atom. The largest absolute Gasteiger partial charge is 0.310 e. The summed E-state index contributed by atoms with van der Waals surface area (Å²) in [5.41, 5.74) is 5.66. The highest BCUT2D eigenvalue weighted by Gasteiger charge is 2.19. The number of fused-ring (bicyclic) bond motifs is 1. The highest BCUT2D eigenvalue weighted by atomic mass is 16.2. The molecule has 0 saturated heterocycles. The van der Waals surface area contributed by atoms with Gasteiger partial charge in [0.25, 0.3) is 22.9 Å². The highest BCUT2D eigenvalue weighted by Crippen LogP contribution is 2.14. The van der Waals surface area contributed by atoms with Gasteiger partial charge >= 0.3 is 0 Å². The van der Waals surface area contributed by atoms with Gasteiger partial charge in [-0.3, -0.25) is 30.0 Å². The van der Waals surface area contributed by atoms with E-state index in [9.17, 15) is 19.2 Å². The van der Waals surface area contributed by atoms with Crippen LogP contribution < -0.4 is 22.0 Å². The molecule has 0 fully saturated rings. The average Bonchev–Trinajstić information content (AvgIpc) is 2.84. The zero-order chi connectivity index (χ0) is 25.1. The zero-order valence-corrected chi connectivity index (χ0v) is 19.6. The fraction of sp³-hybridized carbons (Fsp3) is 0.192. The van der Waals surface area contributed by atoms with Gasteiger partial charge in [0.2, 0.25) is 0 Å². The maximum Gasteiger partial charge on any atom is 0.290 e. The molecule has 4 aromatic rings. The van der Waals surface area contributed by atoms with Gasteiger partial charge in [-0.25, -0.2) is 4.68 Å². The number of rotatable bonds is 5. The van der Waals surface area contributed by atoms with Gasteiger partial charge in [-0.2, -0.15) is 5.10 Å². The van der Waals surface area contributed by atoms with Crippen LogP contribution in [0, 0.1) is 6.92 Å². The van der Waals surface area contributed by atoms with E-state index in [-0.39, 0.29) is 22.9 Å². The SMILES string of the molecule is Cc1cccc(Cn2cccc(C(=O)NNC(=O)c3nn(C(C)C)c(=O)c4ccccc34)c2=O)c1. The van der Waals surface area contributed by atoms with Crippen LogP contribution in [0.1, 0.15) is 51.9 Å². The van der Waals surface area contributed by atoms with Crippen molar-refractivity contribution in [2.75, 3.05) is 0 Å². The Morgan fingerprint density at radius 2 is 1.60 bits per heavy atom. The number of pyridine rings is 1. The fourth-order valence-corrected chi connectivity index (χ4v) is 3.81. The second kappa shape index (κ2) is 9.76. The number of hydrogen-bond acceptors (Lipinski definition) is 5. The number of carbonyl (C=O) groups is 2. The summed E-state index contributed by atoms with van der Waals surface area (Å²) in [4.78, 5) is 51.2. The lowest BCUT2D eigenvalue weighted by Gasteiger charge is -2.14. The second-order valence-electron chi connectivity index (χ2n) is 8.49. The lowest BCUT2D eigenvalue weighted by molar-refractivity contribution is 0.0842. The summed E-state index contributed by atoms with van der Waals surface area (Å²) < 4.78 is 2.65. The standard InChI is InChI=1S/C26H25N5O4/c1-16(2)31-26(35)20-11-5-4-10-19(20)22(29-31)24(33)28-27-23(32)21-12-7-13-30(25(21)34)15-18-9-6-8-17(3)14-18/h4-14,16H,15H2,1-3H3,(H,27,32)(H,28,33). The van der Waals surface area contributed by atoms with Crippen molar-refractivity contribution in [3.8, 4) is 0 Å². The molecule has 9 heteroatoms. The number of carbonyl (C=O) groups excluding carboxylic acids is 2. The second-order valence-corrected chi connectivity index (χ2v) is 8.49. The van der Waals surface area contributed by atoms with Gasteiger partial charge in [-0.05, 0) is 44.5 Å². The Bertz CT molecular complexity index is 1550. The first kappa shape index (κ1) is 23.6. The Balaban J connectivity index is 1.56. The molecule has 2 heterocycles. The van der Waals surface area contributed by atoms with E-state index >= 15 is 0 Å². The van der Waals surface area contributed by atoms with Crippen molar-refractivity contribution in [3.05, 3.63) is 110 Å². The van der Waals surface area contributed by atoms with Gasteiger partial charge in [0, 0.05) is 11.6 Å². The Labute approximate surface area is 201 Å². The number of amides is 2. The molecular formula is C26H25N5O4. The van der Waals surface area contributed by atoms with Crippen LogP contribution in [-0.4, -0.2) is 26.2 Å². The fourth-order valence-electron chi connectivity index (χ4n) is 3.81. The third-order valence-electron chi connectivity index (χ3n) is 5.52. The molecule has 0 aliphatic rings. The molecule has 0 spiro atoms. The molecule has 0 radical (unpaired) electrons. The van der Waals surface area contributed by atoms with Crippen LogP contribution in [0.4, 0.5) is 0 Å². The summed E-state index contributed by atoms with van der Waals surface area (Å²) in [6.45, 7) is 5.83. The van der Waals surface area contributed by atoms with Gasteiger partial charge < -0.3 is 4.57 Å². The molecule has 2 N–H and O–H groups in total. The topological polar surface area (TPSA) is 115 Å². The van der Waals surface area contributed by atoms with E-state index in [0.29, 0.717) is 17.3 Å². The van der Waals surface area contributed by atoms with Crippen LogP contribution >= 0.6 is 0 Å². The molecule has 0 unspecified atom stereocenters. The van der Waals surface area contributed by atoms with Crippen LogP contribution in [0.25, 0.3) is 10.8 Å². The van der Waals surface area contributed by atoms with Crippen molar-refractivity contribution < 1.29 is 9.59 Å². The minimum atomic E-state index is -0.761. The molecule has 0 atom stereocenters. The van der Waals surface area contributed by atoms with Gasteiger partial charge in [-0.1, -0.05) is 48.0 Å². The maximum absolute atomic E-state index is 12.9. The Kier molecular flexibility index (Phi) is 6.59. The number of nitrogens with one attached hydrogen (secondary N) is 2. The summed E-state index contributed by atoms with van der Waals surface area (Å²) in [5, 5.41) is 4.92. The summed E-state index contributed by atoms with van der Waals surface area (Å²) >= 11 is 0. The number of hydrogen-bond donors (Lipinski definition) is 2. The predicted molar refractivity (Wildman–Crippen MR) is 132 cm³/mol. The van der Waals surface area contributed by atoms with E-state index in [0.717, 1.165) is 11.1 Å². The zero-order valence-electron chi connectivity index (χ0n) is 19.6. The monoisotopic (exact) mass is 471 g/mol. The first-order valence-electron chi connectivity index (χ1n) is 11.1. The summed E-state index contributed by atoms with van der Waals surface area (Å²) in [6, 6.07) is 17.1. The van der Waals surface area contributed by atoms with Gasteiger partial charge in [0.15, 0.2) is 5.69 Å². The highest BCUT2D eigenvalue weighted by molar-refractivity contribution is 6.06. The van der Waals surface area contributed by atoms with Crippen LogP contribution in [0.2, 0.25) is 0 Å². The number of aryl methyl sites for hydroxylation is 1. The van der Waals surface area contributed by atoms with Crippen molar-refractivity contribution >= 4 is 22.6 Å². The molecule has 4 rings (SSSR count). The van der Waals surface area contributed by atoms with Crippen molar-refractivity contribution in [2.24, 2.45) is 0 Å². The first-order valence-corrected chi connectivity index (χ1v) is 11.1. The predicted octanol–water partition coefficient (Wildman–Crippen LogP) is 2.57. The third kappa shape index (κ3) is 4.89. The number of nitrogens with zero attached hydrogens (tertiary/aromatic N) is 3. The van der Waals surface area contributed by atoms with Crippen molar-refractivity contribution in [2.45, 2.75) is 33.4 Å². The molecule has 0 saturated carbocycles. The molecule has 178 valence electrons. The number of aromatic nitrogens is 3. The Hall–Kier alpha value is -4.53. The van der Waals surface area contributed by atoms with Crippen molar-refractivity contribution in [3.63, 3.8) is 0 Å². The smallest absolute Gasteiger partial charge is 0.290 e. The number of hydrazine groups is 1. The Morgan fingerprint density at radius 3 is 2.31 bits per heavy atom. The maximum atomic E-state index is 12.9. The molecular weight excluding hydrogens is 446 g/mol. The van der Waals surface area contributed by atoms with Gasteiger partial charge in [0.05, 0.1) is 18.0 Å². The first-order chi connectivity index (χ1) is 16.8.